The Morgan fingerprint density at radius 2 is 2.21 bits per heavy atom. The van der Waals surface area contributed by atoms with Gasteiger partial charge in [-0.2, -0.15) is 0 Å². The second-order valence-corrected chi connectivity index (χ2v) is 3.52. The molecule has 1 heterocycles. The van der Waals surface area contributed by atoms with E-state index in [2.05, 4.69) is 4.98 Å². The second kappa shape index (κ2) is 4.19. The van der Waals surface area contributed by atoms with Gasteiger partial charge in [0.25, 0.3) is 0 Å². The van der Waals surface area contributed by atoms with Gasteiger partial charge in [0, 0.05) is 17.8 Å². The first-order valence-electron chi connectivity index (χ1n) is 4.47. The molecule has 0 spiro atoms. The minimum atomic E-state index is -1.03. The van der Waals surface area contributed by atoms with Crippen LogP contribution in [0.3, 0.4) is 0 Å². The number of carboxylic acids is 1. The highest BCUT2D eigenvalue weighted by atomic mass is 16.4. The molecule has 0 fully saturated rings. The van der Waals surface area contributed by atoms with Gasteiger partial charge in [0.2, 0.25) is 0 Å². The van der Waals surface area contributed by atoms with Crippen molar-refractivity contribution in [2.24, 2.45) is 11.7 Å². The molecule has 0 amide bonds. The third kappa shape index (κ3) is 2.09. The molecule has 3 N–H and O–H groups in total. The van der Waals surface area contributed by atoms with Gasteiger partial charge < -0.3 is 10.8 Å². The Hall–Kier alpha value is -1.42. The van der Waals surface area contributed by atoms with Crippen LogP contribution < -0.4 is 5.73 Å². The van der Waals surface area contributed by atoms with Crippen LogP contribution >= 0.6 is 0 Å². The molecule has 76 valence electrons. The Balaban J connectivity index is 3.13. The number of aromatic carboxylic acids is 1. The lowest BCUT2D eigenvalue weighted by atomic mass is 9.96. The lowest BCUT2D eigenvalue weighted by molar-refractivity contribution is 0.0688. The first-order chi connectivity index (χ1) is 6.54. The van der Waals surface area contributed by atoms with E-state index >= 15 is 0 Å². The zero-order chi connectivity index (χ0) is 10.7. The summed E-state index contributed by atoms with van der Waals surface area (Å²) in [5.74, 6) is -0.839. The third-order valence-corrected chi connectivity index (χ3v) is 2.12. The molecular weight excluding hydrogens is 180 g/mol. The molecule has 1 aromatic rings. The normalized spacial score (nSPS) is 12.9. The van der Waals surface area contributed by atoms with Crippen molar-refractivity contribution in [3.63, 3.8) is 0 Å². The van der Waals surface area contributed by atoms with Gasteiger partial charge in [0.1, 0.15) is 0 Å². The lowest BCUT2D eigenvalue weighted by Crippen LogP contribution is -2.20. The quantitative estimate of drug-likeness (QED) is 0.763. The van der Waals surface area contributed by atoms with Gasteiger partial charge in [-0.25, -0.2) is 9.78 Å². The molecule has 0 saturated carbocycles. The highest BCUT2D eigenvalue weighted by Gasteiger charge is 2.18. The minimum Gasteiger partial charge on any atom is -0.477 e. The van der Waals surface area contributed by atoms with Gasteiger partial charge in [-0.3, -0.25) is 0 Å². The number of nitrogens with two attached hydrogens (primary N) is 1. The summed E-state index contributed by atoms with van der Waals surface area (Å²) < 4.78 is 0. The first kappa shape index (κ1) is 10.7. The molecule has 1 aromatic heterocycles. The topological polar surface area (TPSA) is 76.2 Å². The number of pyridine rings is 1. The number of carboxylic acid groups (broad SMARTS) is 1. The number of nitrogens with zero attached hydrogens (tertiary/aromatic N) is 1. The van der Waals surface area contributed by atoms with Gasteiger partial charge in [0.15, 0.2) is 5.69 Å². The van der Waals surface area contributed by atoms with Crippen molar-refractivity contribution < 1.29 is 9.90 Å². The summed E-state index contributed by atoms with van der Waals surface area (Å²) in [4.78, 5) is 14.6. The fourth-order valence-electron chi connectivity index (χ4n) is 1.22. The maximum atomic E-state index is 10.8. The molecule has 0 aliphatic rings. The van der Waals surface area contributed by atoms with Crippen LogP contribution in [0.4, 0.5) is 0 Å². The van der Waals surface area contributed by atoms with E-state index in [4.69, 9.17) is 10.8 Å². The van der Waals surface area contributed by atoms with Crippen molar-refractivity contribution >= 4 is 5.97 Å². The molecule has 4 heteroatoms. The second-order valence-electron chi connectivity index (χ2n) is 3.52. The fourth-order valence-corrected chi connectivity index (χ4v) is 1.22. The van der Waals surface area contributed by atoms with E-state index in [0.717, 1.165) is 0 Å². The molecule has 1 unspecified atom stereocenters. The number of carbonyl (C=O) groups is 1. The molecule has 0 radical (unpaired) electrons. The molecular formula is C10H14N2O2. The van der Waals surface area contributed by atoms with E-state index in [9.17, 15) is 4.79 Å². The van der Waals surface area contributed by atoms with Gasteiger partial charge in [0.05, 0.1) is 0 Å². The Morgan fingerprint density at radius 3 is 2.71 bits per heavy atom. The summed E-state index contributed by atoms with van der Waals surface area (Å²) in [6, 6.07) is 3.13. The number of hydrogen-bond donors (Lipinski definition) is 2. The fraction of sp³-hybridized carbons (Fsp3) is 0.400. The van der Waals surface area contributed by atoms with Crippen LogP contribution in [-0.2, 0) is 0 Å². The van der Waals surface area contributed by atoms with Crippen LogP contribution in [0.2, 0.25) is 0 Å². The molecule has 1 atom stereocenters. The summed E-state index contributed by atoms with van der Waals surface area (Å²) in [6.45, 7) is 3.90. The van der Waals surface area contributed by atoms with Crippen LogP contribution in [0.1, 0.15) is 35.9 Å². The predicted octanol–water partition coefficient (Wildman–Crippen LogP) is 1.44. The minimum absolute atomic E-state index is 0.0497. The summed E-state index contributed by atoms with van der Waals surface area (Å²) in [5.41, 5.74) is 6.52. The number of rotatable bonds is 3. The monoisotopic (exact) mass is 194 g/mol. The van der Waals surface area contributed by atoms with E-state index < -0.39 is 5.97 Å². The average Bonchev–Trinajstić information content (AvgIpc) is 2.16. The van der Waals surface area contributed by atoms with Gasteiger partial charge in [-0.05, 0) is 12.0 Å². The Kier molecular flexibility index (Phi) is 3.19. The van der Waals surface area contributed by atoms with Crippen LogP contribution in [0.5, 0.6) is 0 Å². The molecule has 0 bridgehead atoms. The van der Waals surface area contributed by atoms with Crippen molar-refractivity contribution in [2.75, 3.05) is 0 Å². The highest BCUT2D eigenvalue weighted by molar-refractivity contribution is 5.87. The van der Waals surface area contributed by atoms with Gasteiger partial charge in [-0.1, -0.05) is 19.9 Å². The summed E-state index contributed by atoms with van der Waals surface area (Å²) in [6.07, 6.45) is 1.46. The van der Waals surface area contributed by atoms with Crippen LogP contribution in [0, 0.1) is 5.92 Å². The van der Waals surface area contributed by atoms with Crippen LogP contribution in [0.15, 0.2) is 18.3 Å². The molecule has 0 saturated heterocycles. The summed E-state index contributed by atoms with van der Waals surface area (Å²) >= 11 is 0. The van der Waals surface area contributed by atoms with Crippen molar-refractivity contribution in [1.29, 1.82) is 0 Å². The molecule has 4 nitrogen and oxygen atoms in total. The summed E-state index contributed by atoms with van der Waals surface area (Å²) in [5, 5.41) is 8.88. The van der Waals surface area contributed by atoms with Gasteiger partial charge >= 0.3 is 5.97 Å². The molecule has 14 heavy (non-hydrogen) atoms. The Labute approximate surface area is 82.8 Å². The maximum Gasteiger partial charge on any atom is 0.354 e. The van der Waals surface area contributed by atoms with Crippen molar-refractivity contribution in [1.82, 2.24) is 4.98 Å². The largest absolute Gasteiger partial charge is 0.477 e. The predicted molar refractivity (Wildman–Crippen MR) is 53.0 cm³/mol. The highest BCUT2D eigenvalue weighted by Crippen LogP contribution is 2.20. The zero-order valence-electron chi connectivity index (χ0n) is 8.27. The SMILES string of the molecule is CC(C)C(N)c1cccnc1C(=O)O. The van der Waals surface area contributed by atoms with E-state index in [-0.39, 0.29) is 17.7 Å². The van der Waals surface area contributed by atoms with Crippen molar-refractivity contribution in [2.45, 2.75) is 19.9 Å². The average molecular weight is 194 g/mol. The number of hydrogen-bond acceptors (Lipinski definition) is 3. The first-order valence-corrected chi connectivity index (χ1v) is 4.47. The van der Waals surface area contributed by atoms with E-state index in [0.29, 0.717) is 5.56 Å². The molecule has 0 aromatic carbocycles. The van der Waals surface area contributed by atoms with Crippen molar-refractivity contribution in [3.8, 4) is 0 Å². The van der Waals surface area contributed by atoms with Crippen LogP contribution in [0.25, 0.3) is 0 Å². The maximum absolute atomic E-state index is 10.8. The van der Waals surface area contributed by atoms with Crippen LogP contribution in [-0.4, -0.2) is 16.1 Å². The smallest absolute Gasteiger partial charge is 0.354 e. The van der Waals surface area contributed by atoms with Crippen molar-refractivity contribution in [3.05, 3.63) is 29.6 Å². The Bertz CT molecular complexity index is 337. The Morgan fingerprint density at radius 1 is 1.57 bits per heavy atom. The van der Waals surface area contributed by atoms with E-state index in [1.807, 2.05) is 13.8 Å². The molecule has 0 aliphatic carbocycles. The number of aromatic nitrogens is 1. The zero-order valence-corrected chi connectivity index (χ0v) is 8.27. The van der Waals surface area contributed by atoms with Gasteiger partial charge in [-0.15, -0.1) is 0 Å². The summed E-state index contributed by atoms with van der Waals surface area (Å²) in [7, 11) is 0. The van der Waals surface area contributed by atoms with E-state index in [1.54, 1.807) is 12.1 Å². The third-order valence-electron chi connectivity index (χ3n) is 2.12. The molecule has 1 rings (SSSR count). The lowest BCUT2D eigenvalue weighted by Gasteiger charge is -2.17. The molecule has 0 aliphatic heterocycles. The standard InChI is InChI=1S/C10H14N2O2/c1-6(2)8(11)7-4-3-5-12-9(7)10(13)14/h3-6,8H,11H2,1-2H3,(H,13,14). The van der Waals surface area contributed by atoms with E-state index in [1.165, 1.54) is 6.20 Å².